The summed E-state index contributed by atoms with van der Waals surface area (Å²) in [4.78, 5) is 106. The van der Waals surface area contributed by atoms with Gasteiger partial charge >= 0.3 is 70.7 Å². The summed E-state index contributed by atoms with van der Waals surface area (Å²) < 4.78 is 196. The number of hydrogen-bond acceptors (Lipinski definition) is 39. The normalized spacial score (nSPS) is 22.9. The van der Waals surface area contributed by atoms with Crippen molar-refractivity contribution in [2.24, 2.45) is 4.99 Å². The monoisotopic (exact) mass is 2100 g/mol. The number of carbonyl (C=O) groups is 1. The molecular formula is C78H135N28O28P6+3. The second-order valence-electron chi connectivity index (χ2n) is 33.6. The zero-order valence-electron chi connectivity index (χ0n) is 81.3. The molecule has 782 valence electrons. The van der Waals surface area contributed by atoms with Crippen LogP contribution in [0.1, 0.15) is 84.2 Å². The Kier molecular flexibility index (Phi) is 45.2. The molecule has 1 amide bonds. The molecule has 18 unspecified atom stereocenters. The third-order valence-electron chi connectivity index (χ3n) is 22.4. The summed E-state index contributed by atoms with van der Waals surface area (Å²) in [6, 6.07) is 2.82. The fourth-order valence-corrected chi connectivity index (χ4v) is 23.3. The number of piperazine rings is 1. The van der Waals surface area contributed by atoms with Crippen molar-refractivity contribution in [3.63, 3.8) is 0 Å². The van der Waals surface area contributed by atoms with E-state index in [1.807, 2.05) is 4.90 Å². The van der Waals surface area contributed by atoms with Crippen molar-refractivity contribution >= 4 is 102 Å². The summed E-state index contributed by atoms with van der Waals surface area (Å²) in [5.74, 6) is -0.248. The van der Waals surface area contributed by atoms with Crippen molar-refractivity contribution < 1.29 is 107 Å². The Morgan fingerprint density at radius 2 is 1.24 bits per heavy atom. The van der Waals surface area contributed by atoms with E-state index in [0.717, 1.165) is 21.8 Å². The molecule has 56 nitrogen and oxygen atoms in total. The van der Waals surface area contributed by atoms with Crippen LogP contribution in [0.5, 0.6) is 0 Å². The van der Waals surface area contributed by atoms with Gasteiger partial charge in [0.15, 0.2) is 12.5 Å². The van der Waals surface area contributed by atoms with Gasteiger partial charge in [-0.1, -0.05) is 28.3 Å². The number of ether oxygens (including phenoxy) is 9. The number of H-pyrrole nitrogens is 2. The number of hydrogen-bond donors (Lipinski definition) is 11. The number of nitrogen functional groups attached to an aromatic ring is 3. The molecule has 14 N–H and O–H groups in total. The molecule has 140 heavy (non-hydrogen) atoms. The highest BCUT2D eigenvalue weighted by Crippen LogP contribution is 2.56. The van der Waals surface area contributed by atoms with E-state index in [2.05, 4.69) is 40.1 Å². The van der Waals surface area contributed by atoms with Crippen LogP contribution in [-0.4, -0.2) is 397 Å². The van der Waals surface area contributed by atoms with E-state index in [1.54, 1.807) is 67.4 Å². The van der Waals surface area contributed by atoms with Crippen LogP contribution in [0.25, 0.3) is 0 Å². The first-order valence-corrected chi connectivity index (χ1v) is 53.1. The van der Waals surface area contributed by atoms with Crippen LogP contribution in [0.3, 0.4) is 0 Å². The predicted molar refractivity (Wildman–Crippen MR) is 516 cm³/mol. The van der Waals surface area contributed by atoms with Gasteiger partial charge in [0.25, 0.3) is 11.1 Å². The molecule has 5 saturated heterocycles. The van der Waals surface area contributed by atoms with Gasteiger partial charge in [0.05, 0.1) is 129 Å². The molecule has 9 heterocycles. The first kappa shape index (κ1) is 116. The molecule has 9 rings (SSSR count). The SMILES string of the molecule is CC=N/C(=C(/C)C(C)=N)N(C=N)C(CC)OC(CNP(=O)(OCC1CN([P+](=O)OCC(CN[P+](=O)OCC2CN(P(=O)(OCC3CN(C)CC(n4ccc(N)nc4=O)O3)N(C)C)CC(N(C=N)c3nc(N)[nH]c(=O)c3C)O2)OC(CC)n2cc(C)c(=O)[nH]c2=O)CC(C)O1)N(C)C)CO[P+](=O)N1CC(COP(=O)(N(C)C)N2CCN(C(=O)OCCOCCOCCO)CC2)OC(n2ccc(N)nc2=O)C1. The average Bonchev–Trinajstić information content (AvgIpc) is 0.775. The first-order chi connectivity index (χ1) is 66.5. The number of aliphatic imine (C=N–C) groups is 1. The quantitative estimate of drug-likeness (QED) is 0.00994. The molecule has 0 saturated carbocycles. The van der Waals surface area contributed by atoms with Gasteiger partial charge in [-0.3, -0.25) is 72.5 Å². The number of likely N-dealkylation sites (N-methyl/N-ethyl adjacent to an activating group) is 1. The van der Waals surface area contributed by atoms with Crippen LogP contribution in [0.2, 0.25) is 0 Å². The Balaban J connectivity index is 0.886. The Morgan fingerprint density at radius 1 is 0.671 bits per heavy atom. The van der Waals surface area contributed by atoms with Gasteiger partial charge in [-0.05, 0) is 130 Å². The summed E-state index contributed by atoms with van der Waals surface area (Å²) in [6.07, 6.45) is -5.52. The van der Waals surface area contributed by atoms with E-state index in [-0.39, 0.29) is 197 Å². The van der Waals surface area contributed by atoms with Gasteiger partial charge in [-0.25, -0.2) is 52.6 Å². The minimum Gasteiger partial charge on any atom is -0.447 e. The van der Waals surface area contributed by atoms with E-state index in [0.29, 0.717) is 5.57 Å². The van der Waals surface area contributed by atoms with Gasteiger partial charge in [-0.15, -0.1) is 13.6 Å². The highest BCUT2D eigenvalue weighted by molar-refractivity contribution is 7.54. The van der Waals surface area contributed by atoms with E-state index < -0.39 is 189 Å². The van der Waals surface area contributed by atoms with Gasteiger partial charge in [0.1, 0.15) is 92.8 Å². The van der Waals surface area contributed by atoms with E-state index >= 15 is 13.7 Å². The van der Waals surface area contributed by atoms with Gasteiger partial charge in [0.2, 0.25) is 5.95 Å². The molecule has 0 spiro atoms. The van der Waals surface area contributed by atoms with Crippen molar-refractivity contribution in [1.82, 2.24) is 96.2 Å². The van der Waals surface area contributed by atoms with Crippen LogP contribution in [0, 0.1) is 30.1 Å². The number of nitrogens with one attached hydrogen (secondary N) is 7. The number of anilines is 4. The number of aliphatic hydroxyl groups excluding tert-OH is 1. The first-order valence-electron chi connectivity index (χ1n) is 45.1. The Morgan fingerprint density at radius 3 is 1.80 bits per heavy atom. The number of morpholine rings is 4. The number of nitrogens with two attached hydrogens (primary N) is 3. The van der Waals surface area contributed by atoms with Crippen molar-refractivity contribution in [3.8, 4) is 0 Å². The van der Waals surface area contributed by atoms with Gasteiger partial charge in [0, 0.05) is 94.0 Å². The Bertz CT molecular complexity index is 5390. The van der Waals surface area contributed by atoms with Gasteiger partial charge < -0.3 is 88.8 Å². The lowest BCUT2D eigenvalue weighted by Gasteiger charge is -2.45. The fourth-order valence-electron chi connectivity index (χ4n) is 15.0. The molecule has 4 aromatic heterocycles. The summed E-state index contributed by atoms with van der Waals surface area (Å²) in [6.45, 7) is 10.1. The lowest BCUT2D eigenvalue weighted by molar-refractivity contribution is -0.129. The second-order valence-corrected chi connectivity index (χ2v) is 44.9. The minimum absolute atomic E-state index is 0.0175. The number of allylic oxidation sites excluding steroid dienone is 1. The van der Waals surface area contributed by atoms with Crippen LogP contribution in [-0.2, 0) is 97.2 Å². The Labute approximate surface area is 812 Å². The topological polar surface area (TPSA) is 670 Å². The summed E-state index contributed by atoms with van der Waals surface area (Å²) in [5, 5.41) is 40.5. The third kappa shape index (κ3) is 32.2. The van der Waals surface area contributed by atoms with Crippen LogP contribution in [0.15, 0.2) is 71.1 Å². The van der Waals surface area contributed by atoms with Crippen molar-refractivity contribution in [2.45, 2.75) is 142 Å². The lowest BCUT2D eigenvalue weighted by atomic mass is 10.2. The third-order valence-corrected chi connectivity index (χ3v) is 32.9. The number of aromatic amines is 2. The number of aliphatic hydroxyl groups is 1. The predicted octanol–water partition coefficient (Wildman–Crippen LogP) is 2.48. The van der Waals surface area contributed by atoms with Crippen LogP contribution in [0.4, 0.5) is 28.2 Å². The van der Waals surface area contributed by atoms with E-state index in [9.17, 15) is 42.5 Å². The molecule has 0 aromatic carbocycles. The number of rotatable bonds is 56. The largest absolute Gasteiger partial charge is 0.616 e. The molecular weight excluding hydrogens is 1960 g/mol. The molecule has 18 atom stereocenters. The highest BCUT2D eigenvalue weighted by atomic mass is 31.2. The molecule has 5 fully saturated rings. The maximum absolute atomic E-state index is 15.6. The number of aryl methyl sites for hydroxylation is 1. The van der Waals surface area contributed by atoms with Crippen molar-refractivity contribution in [1.29, 1.82) is 16.2 Å². The molecule has 0 bridgehead atoms. The summed E-state index contributed by atoms with van der Waals surface area (Å²) in [5.41, 5.74) is 14.9. The molecule has 0 aliphatic carbocycles. The Hall–Kier alpha value is -8.00. The van der Waals surface area contributed by atoms with E-state index in [4.69, 9.17) is 108 Å². The minimum atomic E-state index is -4.24. The highest BCUT2D eigenvalue weighted by Gasteiger charge is 2.50. The smallest absolute Gasteiger partial charge is 0.447 e. The lowest BCUT2D eigenvalue weighted by Crippen LogP contribution is -2.56. The van der Waals surface area contributed by atoms with Crippen molar-refractivity contribution in [2.75, 3.05) is 242 Å². The van der Waals surface area contributed by atoms with Crippen molar-refractivity contribution in [3.05, 3.63) is 105 Å². The molecule has 5 aliphatic heterocycles. The molecule has 5 aliphatic rings. The number of aromatic nitrogens is 8. The van der Waals surface area contributed by atoms with Gasteiger partial charge in [-0.2, -0.15) is 15.0 Å². The number of carbonyl (C=O) groups excluding carboxylic acids is 1. The number of amides is 1. The fraction of sp³-hybridized carbons (Fsp3) is 0.705. The zero-order valence-corrected chi connectivity index (χ0v) is 86.6. The average molecular weight is 2100 g/mol. The second kappa shape index (κ2) is 54.8. The maximum Gasteiger partial charge on any atom is 0.616 e. The number of nitrogens with zero attached hydrogens (tertiary/aromatic N) is 18. The zero-order chi connectivity index (χ0) is 103. The maximum atomic E-state index is 15.6. The van der Waals surface area contributed by atoms with E-state index in [1.165, 1.54) is 126 Å². The summed E-state index contributed by atoms with van der Waals surface area (Å²) >= 11 is 0. The van der Waals surface area contributed by atoms with Crippen LogP contribution >= 0.6 is 47.5 Å². The summed E-state index contributed by atoms with van der Waals surface area (Å²) in [7, 11) is -10.2. The standard InChI is InChI=1S/C78H132N28O28P6/c1-16-65(104-35-52(4)72(108)92-77(104)112)130-57(33-86-135(114)123-46-62-40-101(43-69(134-62)106(51-80)71-55(7)73(109)91-74(84)90-71)140(119,95(13)14)128-48-59-37-96(15)41-67(132-59)102-21-19-63(82)88-75(102)110)44-124-136(115)98-36-53(5)129-60(38-98)47-126-138(117,93(9)10)87-34-58(131-66(17-2)105(50-79)70(85-18-3)54(6)56(8)81)45-125-137(116)99-39-61(133-68(42-99)103-22-20-64(83)89-76(103)111)49-127-139(118,94(11)12)100-25-23-97(24-26-100)78(113)122-32-31-121-30-29-120-28-27-107/h18-22,35,50-51,53,57-62,65-69,79-81,107H,16-17,23-34,36-49H2,1-15H3,(H7-3,82,83,84,86,87,88,89,90,91,92,108,109,110,111,112,114,117)/p+3/b70-54+,79-50?,80-51?,81-56?,85-18?. The molecule has 62 heteroatoms. The molecule has 4 aromatic rings. The molecule has 0 radical (unpaired) electrons. The van der Waals surface area contributed by atoms with Crippen LogP contribution < -0.4 is 60.5 Å².